The number of aliphatic hydroxyl groups excluding tert-OH is 2. The lowest BCUT2D eigenvalue weighted by Crippen LogP contribution is -2.39. The molecular formula is C14H19ClN2O6. The molecule has 1 aromatic rings. The quantitative estimate of drug-likeness (QED) is 0.592. The average Bonchev–Trinajstić information content (AvgIpc) is 2.42. The Hall–Kier alpha value is -1.90. The molecule has 0 fully saturated rings. The monoisotopic (exact) mass is 346 g/mol. The number of nitrogens with one attached hydrogen (secondary N) is 1. The number of aromatic nitrogens is 1. The van der Waals surface area contributed by atoms with E-state index >= 15 is 0 Å². The van der Waals surface area contributed by atoms with Gasteiger partial charge in [0.15, 0.2) is 0 Å². The Kier molecular flexibility index (Phi) is 6.31. The van der Waals surface area contributed by atoms with Gasteiger partial charge in [-0.25, -0.2) is 14.6 Å². The summed E-state index contributed by atoms with van der Waals surface area (Å²) in [6, 6.07) is 1.07. The maximum atomic E-state index is 11.5. The van der Waals surface area contributed by atoms with Crippen molar-refractivity contribution in [1.29, 1.82) is 0 Å². The van der Waals surface area contributed by atoms with Crippen molar-refractivity contribution in [3.8, 4) is 0 Å². The first-order valence-electron chi connectivity index (χ1n) is 6.73. The van der Waals surface area contributed by atoms with E-state index in [1.165, 1.54) is 0 Å². The topological polar surface area (TPSA) is 129 Å². The van der Waals surface area contributed by atoms with E-state index in [9.17, 15) is 19.8 Å². The highest BCUT2D eigenvalue weighted by atomic mass is 35.5. The summed E-state index contributed by atoms with van der Waals surface area (Å²) in [5.74, 6) is -1.32. The third-order valence-electron chi connectivity index (χ3n) is 2.67. The van der Waals surface area contributed by atoms with Crippen molar-refractivity contribution >= 4 is 23.7 Å². The van der Waals surface area contributed by atoms with Gasteiger partial charge in [0.25, 0.3) is 0 Å². The van der Waals surface area contributed by atoms with E-state index < -0.39 is 29.9 Å². The molecule has 0 saturated heterocycles. The lowest BCUT2D eigenvalue weighted by atomic mass is 10.0. The van der Waals surface area contributed by atoms with Crippen LogP contribution in [0.5, 0.6) is 0 Å². The Morgan fingerprint density at radius 3 is 2.52 bits per heavy atom. The van der Waals surface area contributed by atoms with Crippen LogP contribution in [0.25, 0.3) is 0 Å². The predicted octanol–water partition coefficient (Wildman–Crippen LogP) is 1.35. The zero-order valence-corrected chi connectivity index (χ0v) is 13.7. The maximum absolute atomic E-state index is 11.5. The number of nitrogens with zero attached hydrogens (tertiary/aromatic N) is 1. The van der Waals surface area contributed by atoms with Crippen LogP contribution < -0.4 is 5.32 Å². The number of aromatic carboxylic acids is 1. The van der Waals surface area contributed by atoms with Gasteiger partial charge in [-0.1, -0.05) is 11.6 Å². The van der Waals surface area contributed by atoms with Gasteiger partial charge in [-0.3, -0.25) is 0 Å². The first-order chi connectivity index (χ1) is 10.5. The number of halogens is 1. The summed E-state index contributed by atoms with van der Waals surface area (Å²) in [6.45, 7) is 4.70. The minimum Gasteiger partial charge on any atom is -0.478 e. The van der Waals surface area contributed by atoms with Crippen LogP contribution in [0.2, 0.25) is 5.15 Å². The van der Waals surface area contributed by atoms with E-state index in [-0.39, 0.29) is 22.8 Å². The molecule has 1 heterocycles. The van der Waals surface area contributed by atoms with Crippen LogP contribution in [0.3, 0.4) is 0 Å². The number of alkyl carbamates (subject to hydrolysis) is 1. The van der Waals surface area contributed by atoms with E-state index in [4.69, 9.17) is 21.4 Å². The highest BCUT2D eigenvalue weighted by molar-refractivity contribution is 6.29. The van der Waals surface area contributed by atoms with Crippen molar-refractivity contribution in [3.63, 3.8) is 0 Å². The smallest absolute Gasteiger partial charge is 0.407 e. The number of rotatable bonds is 5. The van der Waals surface area contributed by atoms with Gasteiger partial charge >= 0.3 is 12.1 Å². The number of hydrogen-bond donors (Lipinski definition) is 4. The summed E-state index contributed by atoms with van der Waals surface area (Å²) in [5, 5.41) is 31.3. The van der Waals surface area contributed by atoms with Gasteiger partial charge in [0.2, 0.25) is 0 Å². The molecule has 0 spiro atoms. The summed E-state index contributed by atoms with van der Waals surface area (Å²) in [4.78, 5) is 26.3. The van der Waals surface area contributed by atoms with Crippen molar-refractivity contribution in [2.45, 2.75) is 38.6 Å². The Bertz CT molecular complexity index is 587. The lowest BCUT2D eigenvalue weighted by Gasteiger charge is -2.22. The van der Waals surface area contributed by atoms with Gasteiger partial charge in [-0.15, -0.1) is 0 Å². The van der Waals surface area contributed by atoms with Gasteiger partial charge in [-0.2, -0.15) is 0 Å². The molecule has 8 nitrogen and oxygen atoms in total. The Labute approximate surface area is 138 Å². The summed E-state index contributed by atoms with van der Waals surface area (Å²) in [7, 11) is 0. The molecule has 0 saturated carbocycles. The van der Waals surface area contributed by atoms with E-state index in [2.05, 4.69) is 10.3 Å². The molecular weight excluding hydrogens is 328 g/mol. The zero-order chi connectivity index (χ0) is 17.8. The van der Waals surface area contributed by atoms with Crippen molar-refractivity contribution in [1.82, 2.24) is 10.3 Å². The van der Waals surface area contributed by atoms with Gasteiger partial charge in [-0.05, 0) is 26.8 Å². The fourth-order valence-electron chi connectivity index (χ4n) is 1.68. The Morgan fingerprint density at radius 1 is 1.39 bits per heavy atom. The molecule has 0 aliphatic heterocycles. The number of hydrogen-bond acceptors (Lipinski definition) is 6. The SMILES string of the molecule is CC(C)(C)OC(=O)NCC(O)C(O)c1cnc(Cl)cc1C(=O)O. The first-order valence-corrected chi connectivity index (χ1v) is 7.11. The minimum absolute atomic E-state index is 0.0558. The van der Waals surface area contributed by atoms with Crippen LogP contribution in [0.4, 0.5) is 4.79 Å². The Balaban J connectivity index is 2.76. The van der Waals surface area contributed by atoms with E-state index in [0.29, 0.717) is 0 Å². The number of ether oxygens (including phenoxy) is 1. The van der Waals surface area contributed by atoms with Crippen LogP contribution in [-0.4, -0.2) is 50.6 Å². The number of carboxylic acid groups (broad SMARTS) is 1. The number of carbonyl (C=O) groups is 2. The van der Waals surface area contributed by atoms with Crippen molar-refractivity contribution in [3.05, 3.63) is 28.5 Å². The van der Waals surface area contributed by atoms with Gasteiger partial charge in [0.1, 0.15) is 23.0 Å². The normalized spacial score (nSPS) is 14.0. The molecule has 23 heavy (non-hydrogen) atoms. The lowest BCUT2D eigenvalue weighted by molar-refractivity contribution is 0.0119. The highest BCUT2D eigenvalue weighted by Crippen LogP contribution is 2.22. The molecule has 2 unspecified atom stereocenters. The van der Waals surface area contributed by atoms with Crippen LogP contribution in [0.1, 0.15) is 42.8 Å². The average molecular weight is 347 g/mol. The molecule has 0 radical (unpaired) electrons. The predicted molar refractivity (Wildman–Crippen MR) is 81.4 cm³/mol. The first kappa shape index (κ1) is 19.1. The molecule has 0 aliphatic rings. The Morgan fingerprint density at radius 2 is 2.00 bits per heavy atom. The summed E-state index contributed by atoms with van der Waals surface area (Å²) < 4.78 is 4.98. The standard InChI is InChI=1S/C14H19ClN2O6/c1-14(2,3)23-13(22)17-6-9(18)11(19)8-5-16-10(15)4-7(8)12(20)21/h4-5,9,11,18-19H,6H2,1-3H3,(H,17,22)(H,20,21). The van der Waals surface area contributed by atoms with Crippen molar-refractivity contribution < 1.29 is 29.6 Å². The third-order valence-corrected chi connectivity index (χ3v) is 2.88. The minimum atomic E-state index is -1.57. The number of pyridine rings is 1. The second kappa shape index (κ2) is 7.58. The molecule has 2 atom stereocenters. The van der Waals surface area contributed by atoms with Crippen molar-refractivity contribution in [2.75, 3.05) is 6.54 Å². The third kappa shape index (κ3) is 6.01. The van der Waals surface area contributed by atoms with Crippen LogP contribution >= 0.6 is 11.6 Å². The highest BCUT2D eigenvalue weighted by Gasteiger charge is 2.25. The molecule has 1 aromatic heterocycles. The summed E-state index contributed by atoms with van der Waals surface area (Å²) in [5.41, 5.74) is -1.10. The molecule has 128 valence electrons. The second-order valence-corrected chi connectivity index (χ2v) is 6.18. The zero-order valence-electron chi connectivity index (χ0n) is 12.9. The fourth-order valence-corrected chi connectivity index (χ4v) is 1.84. The van der Waals surface area contributed by atoms with Crippen LogP contribution in [0, 0.1) is 0 Å². The largest absolute Gasteiger partial charge is 0.478 e. The molecule has 4 N–H and O–H groups in total. The molecule has 0 aliphatic carbocycles. The number of carbonyl (C=O) groups excluding carboxylic acids is 1. The van der Waals surface area contributed by atoms with E-state index in [1.807, 2.05) is 0 Å². The number of aliphatic hydroxyl groups is 2. The summed E-state index contributed by atoms with van der Waals surface area (Å²) >= 11 is 5.62. The van der Waals surface area contributed by atoms with Gasteiger partial charge in [0.05, 0.1) is 5.56 Å². The maximum Gasteiger partial charge on any atom is 0.407 e. The molecule has 9 heteroatoms. The van der Waals surface area contributed by atoms with Gasteiger partial charge in [0, 0.05) is 18.3 Å². The van der Waals surface area contributed by atoms with Crippen LogP contribution in [0.15, 0.2) is 12.3 Å². The van der Waals surface area contributed by atoms with E-state index in [1.54, 1.807) is 20.8 Å². The van der Waals surface area contributed by atoms with Crippen molar-refractivity contribution in [2.24, 2.45) is 0 Å². The molecule has 1 amide bonds. The molecule has 1 rings (SSSR count). The van der Waals surface area contributed by atoms with Crippen LogP contribution in [-0.2, 0) is 4.74 Å². The molecule has 0 aromatic carbocycles. The van der Waals surface area contributed by atoms with E-state index in [0.717, 1.165) is 12.3 Å². The molecule has 0 bridgehead atoms. The number of carboxylic acids is 1. The second-order valence-electron chi connectivity index (χ2n) is 5.79. The van der Waals surface area contributed by atoms with Gasteiger partial charge < -0.3 is 25.4 Å². The summed E-state index contributed by atoms with van der Waals surface area (Å²) in [6.07, 6.45) is -2.73. The fraction of sp³-hybridized carbons (Fsp3) is 0.500. The number of amides is 1.